The van der Waals surface area contributed by atoms with E-state index >= 15 is 0 Å². The predicted octanol–water partition coefficient (Wildman–Crippen LogP) is 4.09. The van der Waals surface area contributed by atoms with Crippen molar-refractivity contribution in [2.45, 2.75) is 12.5 Å². The molecule has 0 saturated heterocycles. The summed E-state index contributed by atoms with van der Waals surface area (Å²) in [4.78, 5) is 28.8. The van der Waals surface area contributed by atoms with Crippen molar-refractivity contribution in [2.75, 3.05) is 11.9 Å². The zero-order chi connectivity index (χ0) is 18.1. The average Bonchev–Trinajstić information content (AvgIpc) is 3.31. The first kappa shape index (κ1) is 16.8. The molecular weight excluding hydrogens is 366 g/mol. The van der Waals surface area contributed by atoms with Crippen LogP contribution in [0.4, 0.5) is 10.5 Å². The Hall–Kier alpha value is -2.64. The van der Waals surface area contributed by atoms with Crippen LogP contribution in [0.2, 0.25) is 0 Å². The Labute approximate surface area is 159 Å². The van der Waals surface area contributed by atoms with Crippen molar-refractivity contribution in [2.24, 2.45) is 5.73 Å². The number of nitrogens with two attached hydrogens (primary N) is 1. The van der Waals surface area contributed by atoms with Crippen LogP contribution >= 0.6 is 22.7 Å². The van der Waals surface area contributed by atoms with Crippen molar-refractivity contribution in [1.82, 2.24) is 4.90 Å². The van der Waals surface area contributed by atoms with Crippen LogP contribution in [0.3, 0.4) is 0 Å². The molecule has 1 atom stereocenters. The summed E-state index contributed by atoms with van der Waals surface area (Å²) in [5, 5.41) is 6.66. The topological polar surface area (TPSA) is 75.4 Å². The first-order chi connectivity index (χ1) is 12.6. The predicted molar refractivity (Wildman–Crippen MR) is 105 cm³/mol. The molecule has 1 aliphatic heterocycles. The Kier molecular flexibility index (Phi) is 4.48. The van der Waals surface area contributed by atoms with Crippen molar-refractivity contribution in [3.63, 3.8) is 0 Å². The Bertz CT molecular complexity index is 949. The van der Waals surface area contributed by atoms with Gasteiger partial charge in [-0.2, -0.15) is 0 Å². The molecule has 4 rings (SSSR count). The lowest BCUT2D eigenvalue weighted by atomic mass is 9.97. The van der Waals surface area contributed by atoms with E-state index in [2.05, 4.69) is 22.8 Å². The minimum Gasteiger partial charge on any atom is -0.351 e. The molecular formula is C19H17N3O2S2. The van der Waals surface area contributed by atoms with Crippen LogP contribution in [0.25, 0.3) is 0 Å². The maximum absolute atomic E-state index is 13.3. The molecule has 5 nitrogen and oxygen atoms in total. The number of fused-ring (bicyclic) bond motifs is 1. The highest BCUT2D eigenvalue weighted by Crippen LogP contribution is 2.40. The number of hydrogen-bond donors (Lipinski definition) is 2. The van der Waals surface area contributed by atoms with Gasteiger partial charge in [-0.3, -0.25) is 4.79 Å². The smallest absolute Gasteiger partial charge is 0.316 e. The maximum Gasteiger partial charge on any atom is 0.316 e. The molecule has 0 spiro atoms. The number of hydrogen-bond acceptors (Lipinski definition) is 4. The van der Waals surface area contributed by atoms with Crippen molar-refractivity contribution < 1.29 is 9.59 Å². The van der Waals surface area contributed by atoms with Gasteiger partial charge in [0.1, 0.15) is 0 Å². The first-order valence-corrected chi connectivity index (χ1v) is 9.96. The van der Waals surface area contributed by atoms with Crippen LogP contribution < -0.4 is 11.1 Å². The lowest BCUT2D eigenvalue weighted by Gasteiger charge is -2.35. The molecule has 0 aliphatic carbocycles. The summed E-state index contributed by atoms with van der Waals surface area (Å²) in [6.07, 6.45) is 0.861. The molecule has 3 N–H and O–H groups in total. The molecule has 1 aromatic carbocycles. The van der Waals surface area contributed by atoms with Gasteiger partial charge < -0.3 is 16.0 Å². The Balaban J connectivity index is 1.70. The summed E-state index contributed by atoms with van der Waals surface area (Å²) in [5.74, 6) is -0.0478. The highest BCUT2D eigenvalue weighted by molar-refractivity contribution is 7.10. The molecule has 26 heavy (non-hydrogen) atoms. The van der Waals surface area contributed by atoms with Crippen molar-refractivity contribution in [1.29, 1.82) is 0 Å². The first-order valence-electron chi connectivity index (χ1n) is 8.20. The minimum absolute atomic E-state index is 0.0478. The molecule has 7 heteroatoms. The zero-order valence-corrected chi connectivity index (χ0v) is 15.5. The molecule has 0 unspecified atom stereocenters. The van der Waals surface area contributed by atoms with E-state index in [0.29, 0.717) is 17.8 Å². The largest absolute Gasteiger partial charge is 0.351 e. The number of benzene rings is 1. The van der Waals surface area contributed by atoms with E-state index in [-0.39, 0.29) is 11.9 Å². The summed E-state index contributed by atoms with van der Waals surface area (Å²) in [5.41, 5.74) is 7.45. The van der Waals surface area contributed by atoms with Gasteiger partial charge in [-0.05, 0) is 53.1 Å². The van der Waals surface area contributed by atoms with E-state index in [4.69, 9.17) is 5.73 Å². The molecule has 0 fully saturated rings. The summed E-state index contributed by atoms with van der Waals surface area (Å²) < 4.78 is 0. The van der Waals surface area contributed by atoms with Gasteiger partial charge in [-0.1, -0.05) is 12.1 Å². The molecule has 3 heterocycles. The Morgan fingerprint density at radius 1 is 1.12 bits per heavy atom. The van der Waals surface area contributed by atoms with Crippen molar-refractivity contribution >= 4 is 40.3 Å². The number of amides is 3. The number of nitrogens with zero attached hydrogens (tertiary/aromatic N) is 1. The standard InChI is InChI=1S/C19H17N3O2S2/c20-19(24)21-13-4-1-3-12(11-13)18(23)22-8-6-15-14(7-10-26-15)17(22)16-5-2-9-25-16/h1-5,7,9-11,17H,6,8H2,(H3,20,21,24)/t17-/m1/s1. The lowest BCUT2D eigenvalue weighted by molar-refractivity contribution is 0.0699. The third-order valence-corrected chi connectivity index (χ3v) is 6.34. The van der Waals surface area contributed by atoms with Gasteiger partial charge >= 0.3 is 6.03 Å². The van der Waals surface area contributed by atoms with Crippen LogP contribution in [0, 0.1) is 0 Å². The molecule has 3 amide bonds. The van der Waals surface area contributed by atoms with E-state index in [1.54, 1.807) is 46.9 Å². The second kappa shape index (κ2) is 6.93. The van der Waals surface area contributed by atoms with Gasteiger partial charge in [0.2, 0.25) is 0 Å². The number of carbonyl (C=O) groups is 2. The fraction of sp³-hybridized carbons (Fsp3) is 0.158. The molecule has 1 aliphatic rings. The van der Waals surface area contributed by atoms with Gasteiger partial charge in [0, 0.05) is 27.5 Å². The van der Waals surface area contributed by atoms with Gasteiger partial charge in [0.25, 0.3) is 5.91 Å². The van der Waals surface area contributed by atoms with E-state index in [9.17, 15) is 9.59 Å². The SMILES string of the molecule is NC(=O)Nc1cccc(C(=O)N2CCc3sccc3[C@@H]2c2cccs2)c1. The van der Waals surface area contributed by atoms with Crippen LogP contribution in [-0.4, -0.2) is 23.4 Å². The van der Waals surface area contributed by atoms with Crippen LogP contribution in [0.5, 0.6) is 0 Å². The van der Waals surface area contributed by atoms with Crippen LogP contribution in [0.1, 0.15) is 31.7 Å². The molecule has 0 radical (unpaired) electrons. The summed E-state index contributed by atoms with van der Waals surface area (Å²) in [6, 6.07) is 12.4. The summed E-state index contributed by atoms with van der Waals surface area (Å²) in [7, 11) is 0. The second-order valence-corrected chi connectivity index (χ2v) is 8.02. The number of thiophene rings is 2. The third-order valence-electron chi connectivity index (χ3n) is 4.42. The van der Waals surface area contributed by atoms with Crippen LogP contribution in [0.15, 0.2) is 53.2 Å². The Morgan fingerprint density at radius 2 is 2.00 bits per heavy atom. The van der Waals surface area contributed by atoms with E-state index in [0.717, 1.165) is 11.3 Å². The average molecular weight is 383 g/mol. The number of urea groups is 1. The van der Waals surface area contributed by atoms with Gasteiger partial charge in [0.05, 0.1) is 6.04 Å². The van der Waals surface area contributed by atoms with Gasteiger partial charge in [-0.15, -0.1) is 22.7 Å². The fourth-order valence-corrected chi connectivity index (χ4v) is 5.09. The maximum atomic E-state index is 13.3. The molecule has 2 aromatic heterocycles. The van der Waals surface area contributed by atoms with Crippen molar-refractivity contribution in [3.8, 4) is 0 Å². The van der Waals surface area contributed by atoms with Crippen molar-refractivity contribution in [3.05, 3.63) is 74.1 Å². The molecule has 132 valence electrons. The zero-order valence-electron chi connectivity index (χ0n) is 13.8. The quantitative estimate of drug-likeness (QED) is 0.715. The van der Waals surface area contributed by atoms with Crippen LogP contribution in [-0.2, 0) is 6.42 Å². The monoisotopic (exact) mass is 383 g/mol. The fourth-order valence-electron chi connectivity index (χ4n) is 3.33. The number of anilines is 1. The number of nitrogens with one attached hydrogen (secondary N) is 1. The number of rotatable bonds is 3. The normalized spacial score (nSPS) is 16.2. The molecule has 0 bridgehead atoms. The summed E-state index contributed by atoms with van der Waals surface area (Å²) in [6.45, 7) is 0.669. The lowest BCUT2D eigenvalue weighted by Crippen LogP contribution is -2.39. The highest BCUT2D eigenvalue weighted by atomic mass is 32.1. The van der Waals surface area contributed by atoms with Gasteiger partial charge in [0.15, 0.2) is 0 Å². The highest BCUT2D eigenvalue weighted by Gasteiger charge is 2.33. The number of carbonyl (C=O) groups excluding carboxylic acids is 2. The molecule has 0 saturated carbocycles. The number of primary amides is 1. The Morgan fingerprint density at radius 3 is 2.77 bits per heavy atom. The minimum atomic E-state index is -0.646. The van der Waals surface area contributed by atoms with E-state index in [1.807, 2.05) is 16.3 Å². The molecule has 3 aromatic rings. The third kappa shape index (κ3) is 3.11. The van der Waals surface area contributed by atoms with E-state index in [1.165, 1.54) is 10.4 Å². The summed E-state index contributed by atoms with van der Waals surface area (Å²) >= 11 is 3.41. The van der Waals surface area contributed by atoms with Gasteiger partial charge in [-0.25, -0.2) is 4.79 Å². The second-order valence-electron chi connectivity index (χ2n) is 6.04. The van der Waals surface area contributed by atoms with E-state index < -0.39 is 6.03 Å².